The number of aromatic nitrogens is 1. The van der Waals surface area contributed by atoms with Gasteiger partial charge < -0.3 is 5.32 Å². The van der Waals surface area contributed by atoms with E-state index in [4.69, 9.17) is 0 Å². The number of amides is 1. The normalized spacial score (nSPS) is 12.8. The van der Waals surface area contributed by atoms with Gasteiger partial charge in [-0.15, -0.1) is 0 Å². The fraction of sp³-hybridized carbons (Fsp3) is 0.120. The highest BCUT2D eigenvalue weighted by atomic mass is 32.2. The lowest BCUT2D eigenvalue weighted by atomic mass is 10.0. The van der Waals surface area contributed by atoms with Crippen molar-refractivity contribution in [3.05, 3.63) is 102 Å². The van der Waals surface area contributed by atoms with E-state index in [1.54, 1.807) is 54.9 Å². The summed E-state index contributed by atoms with van der Waals surface area (Å²) in [6, 6.07) is 23.6. The van der Waals surface area contributed by atoms with Crippen LogP contribution in [0, 0.1) is 0 Å². The molecule has 162 valence electrons. The first-order chi connectivity index (χ1) is 15.6. The maximum Gasteiger partial charge on any atom is 0.266 e. The molecule has 0 saturated heterocycles. The first kappa shape index (κ1) is 21.7. The Bertz CT molecular complexity index is 1260. The van der Waals surface area contributed by atoms with Gasteiger partial charge >= 0.3 is 0 Å². The molecule has 0 aliphatic heterocycles. The molecule has 4 rings (SSSR count). The van der Waals surface area contributed by atoms with Crippen molar-refractivity contribution in [2.45, 2.75) is 19.4 Å². The van der Waals surface area contributed by atoms with Gasteiger partial charge in [0.25, 0.3) is 17.2 Å². The predicted molar refractivity (Wildman–Crippen MR) is 128 cm³/mol. The van der Waals surface area contributed by atoms with Crippen molar-refractivity contribution in [2.24, 2.45) is 0 Å². The molecule has 2 atom stereocenters. The highest BCUT2D eigenvalue weighted by Gasteiger charge is 2.24. The van der Waals surface area contributed by atoms with Gasteiger partial charge in [-0.05, 0) is 36.2 Å². The highest BCUT2D eigenvalue weighted by Crippen LogP contribution is 2.35. The van der Waals surface area contributed by atoms with Gasteiger partial charge in [0.05, 0.1) is 23.0 Å². The Labute approximate surface area is 189 Å². The molecule has 32 heavy (non-hydrogen) atoms. The quantitative estimate of drug-likeness (QED) is 0.374. The molecule has 2 N–H and O–H groups in total. The standard InChI is InChI=1S/C25H23N3O3S/c1-2-22(18-9-4-3-5-10-18)27-25(29)21-12-6-7-13-24(21)28(32(30)31)23-14-8-11-19-17-26-16-15-20(19)23/h3-17,22H,2H2,1H3,(H,27,29)(H,30,31). The summed E-state index contributed by atoms with van der Waals surface area (Å²) in [5.74, 6) is -0.311. The first-order valence-electron chi connectivity index (χ1n) is 10.3. The number of para-hydroxylation sites is 1. The van der Waals surface area contributed by atoms with Crippen LogP contribution in [0.4, 0.5) is 11.4 Å². The fourth-order valence-electron chi connectivity index (χ4n) is 3.77. The molecule has 0 aliphatic carbocycles. The molecule has 1 aromatic heterocycles. The van der Waals surface area contributed by atoms with Crippen molar-refractivity contribution in [1.29, 1.82) is 0 Å². The van der Waals surface area contributed by atoms with Crippen LogP contribution < -0.4 is 9.62 Å². The molecule has 3 aromatic carbocycles. The largest absolute Gasteiger partial charge is 0.345 e. The van der Waals surface area contributed by atoms with Gasteiger partial charge in [0.15, 0.2) is 0 Å². The molecule has 0 aliphatic rings. The number of hydrogen-bond acceptors (Lipinski definition) is 3. The van der Waals surface area contributed by atoms with Crippen LogP contribution in [0.15, 0.2) is 91.3 Å². The van der Waals surface area contributed by atoms with E-state index in [9.17, 15) is 13.6 Å². The summed E-state index contributed by atoms with van der Waals surface area (Å²) in [6.45, 7) is 2.00. The van der Waals surface area contributed by atoms with Crippen LogP contribution >= 0.6 is 0 Å². The third-order valence-corrected chi connectivity index (χ3v) is 6.02. The molecule has 6 nitrogen and oxygen atoms in total. The van der Waals surface area contributed by atoms with Gasteiger partial charge in [0.1, 0.15) is 0 Å². The molecule has 1 heterocycles. The Kier molecular flexibility index (Phi) is 6.58. The second-order valence-corrected chi connectivity index (χ2v) is 8.09. The summed E-state index contributed by atoms with van der Waals surface area (Å²) >= 11 is -2.41. The topological polar surface area (TPSA) is 82.5 Å². The lowest BCUT2D eigenvalue weighted by molar-refractivity contribution is 0.0936. The van der Waals surface area contributed by atoms with E-state index in [0.717, 1.165) is 16.3 Å². The third-order valence-electron chi connectivity index (χ3n) is 5.32. The molecular formula is C25H23N3O3S. The van der Waals surface area contributed by atoms with Crippen molar-refractivity contribution in [2.75, 3.05) is 4.31 Å². The zero-order valence-electron chi connectivity index (χ0n) is 17.5. The van der Waals surface area contributed by atoms with Gasteiger partial charge in [0.2, 0.25) is 0 Å². The zero-order valence-corrected chi connectivity index (χ0v) is 18.3. The van der Waals surface area contributed by atoms with Gasteiger partial charge in [-0.1, -0.05) is 61.5 Å². The van der Waals surface area contributed by atoms with E-state index in [1.807, 2.05) is 43.3 Å². The summed E-state index contributed by atoms with van der Waals surface area (Å²) in [4.78, 5) is 17.4. The lowest BCUT2D eigenvalue weighted by Gasteiger charge is -2.25. The van der Waals surface area contributed by atoms with Crippen molar-refractivity contribution in [1.82, 2.24) is 10.3 Å². The summed E-state index contributed by atoms with van der Waals surface area (Å²) < 4.78 is 24.0. The summed E-state index contributed by atoms with van der Waals surface area (Å²) in [5.41, 5.74) is 2.18. The number of carbonyl (C=O) groups is 1. The molecule has 0 radical (unpaired) electrons. The van der Waals surface area contributed by atoms with E-state index in [-0.39, 0.29) is 11.9 Å². The van der Waals surface area contributed by atoms with Gasteiger partial charge in [-0.25, -0.2) is 8.51 Å². The van der Waals surface area contributed by atoms with E-state index >= 15 is 0 Å². The zero-order chi connectivity index (χ0) is 22.5. The Balaban J connectivity index is 1.76. The maximum absolute atomic E-state index is 13.3. The first-order valence-corrected chi connectivity index (χ1v) is 11.3. The molecule has 2 unspecified atom stereocenters. The Morgan fingerprint density at radius 2 is 1.72 bits per heavy atom. The minimum absolute atomic E-state index is 0.173. The number of nitrogens with one attached hydrogen (secondary N) is 1. The molecular weight excluding hydrogens is 422 g/mol. The molecule has 7 heteroatoms. The van der Waals surface area contributed by atoms with E-state index in [2.05, 4.69) is 10.3 Å². The molecule has 4 aromatic rings. The van der Waals surface area contributed by atoms with Gasteiger partial charge in [0, 0.05) is 23.2 Å². The summed E-state index contributed by atoms with van der Waals surface area (Å²) in [6.07, 6.45) is 4.04. The molecule has 0 bridgehead atoms. The Morgan fingerprint density at radius 3 is 2.47 bits per heavy atom. The van der Waals surface area contributed by atoms with Crippen LogP contribution in [-0.4, -0.2) is 19.7 Å². The average Bonchev–Trinajstić information content (AvgIpc) is 2.83. The van der Waals surface area contributed by atoms with Crippen LogP contribution in [0.2, 0.25) is 0 Å². The predicted octanol–water partition coefficient (Wildman–Crippen LogP) is 5.39. The highest BCUT2D eigenvalue weighted by molar-refractivity contribution is 7.81. The second-order valence-electron chi connectivity index (χ2n) is 7.26. The number of nitrogens with zero attached hydrogens (tertiary/aromatic N) is 2. The number of benzene rings is 3. The Hall–Kier alpha value is -3.55. The van der Waals surface area contributed by atoms with Crippen LogP contribution in [0.3, 0.4) is 0 Å². The van der Waals surface area contributed by atoms with E-state index < -0.39 is 11.3 Å². The van der Waals surface area contributed by atoms with Crippen LogP contribution in [0.1, 0.15) is 35.3 Å². The second kappa shape index (κ2) is 9.72. The van der Waals surface area contributed by atoms with Crippen molar-refractivity contribution in [3.8, 4) is 0 Å². The number of pyridine rings is 1. The smallest absolute Gasteiger partial charge is 0.266 e. The van der Waals surface area contributed by atoms with Crippen LogP contribution in [0.25, 0.3) is 10.8 Å². The maximum atomic E-state index is 13.3. The molecule has 0 saturated carbocycles. The monoisotopic (exact) mass is 445 g/mol. The van der Waals surface area contributed by atoms with Gasteiger partial charge in [-0.3, -0.25) is 14.3 Å². The van der Waals surface area contributed by atoms with Crippen LogP contribution in [0.5, 0.6) is 0 Å². The number of hydrogen-bond donors (Lipinski definition) is 2. The summed E-state index contributed by atoms with van der Waals surface area (Å²) in [7, 11) is 0. The minimum Gasteiger partial charge on any atom is -0.345 e. The van der Waals surface area contributed by atoms with Crippen molar-refractivity contribution < 1.29 is 13.6 Å². The van der Waals surface area contributed by atoms with E-state index in [1.165, 1.54) is 4.31 Å². The Morgan fingerprint density at radius 1 is 1.00 bits per heavy atom. The number of anilines is 2. The van der Waals surface area contributed by atoms with Crippen LogP contribution in [-0.2, 0) is 11.3 Å². The number of fused-ring (bicyclic) bond motifs is 1. The minimum atomic E-state index is -2.41. The van der Waals surface area contributed by atoms with Gasteiger partial charge in [-0.2, -0.15) is 0 Å². The van der Waals surface area contributed by atoms with Crippen molar-refractivity contribution >= 4 is 39.3 Å². The SMILES string of the molecule is CCC(NC(=O)c1ccccc1N(c1cccc2cnccc12)S(=O)O)c1ccccc1. The summed E-state index contributed by atoms with van der Waals surface area (Å²) in [5, 5.41) is 4.66. The van der Waals surface area contributed by atoms with E-state index in [0.29, 0.717) is 23.4 Å². The molecule has 1 amide bonds. The molecule has 0 fully saturated rings. The third kappa shape index (κ3) is 4.39. The number of carbonyl (C=O) groups excluding carboxylic acids is 1. The lowest BCUT2D eigenvalue weighted by Crippen LogP contribution is -2.30. The van der Waals surface area contributed by atoms with Crippen molar-refractivity contribution in [3.63, 3.8) is 0 Å². The number of rotatable bonds is 7. The molecule has 0 spiro atoms. The fourth-order valence-corrected chi connectivity index (χ4v) is 4.42. The average molecular weight is 446 g/mol.